The van der Waals surface area contributed by atoms with Crippen LogP contribution in [-0.2, 0) is 14.3 Å². The second kappa shape index (κ2) is 3.53. The second-order valence-electron chi connectivity index (χ2n) is 4.62. The minimum atomic E-state index is -0.476. The Bertz CT molecular complexity index is 180. The lowest BCUT2D eigenvalue weighted by Crippen LogP contribution is -2.37. The first-order valence-electron chi connectivity index (χ1n) is 4.51. The Labute approximate surface area is 79.3 Å². The summed E-state index contributed by atoms with van der Waals surface area (Å²) in [5.74, 6) is 4.58. The highest BCUT2D eigenvalue weighted by Gasteiger charge is 2.41. The Morgan fingerprint density at radius 3 is 2.54 bits per heavy atom. The summed E-state index contributed by atoms with van der Waals surface area (Å²) in [6, 6.07) is 0. The van der Waals surface area contributed by atoms with Gasteiger partial charge in [-0.15, -0.1) is 0 Å². The molecule has 1 aliphatic rings. The van der Waals surface area contributed by atoms with Crippen molar-refractivity contribution in [3.63, 3.8) is 0 Å². The highest BCUT2D eigenvalue weighted by atomic mass is 16.7. The fourth-order valence-electron chi connectivity index (χ4n) is 1.38. The smallest absolute Gasteiger partial charge is 0.163 e. The van der Waals surface area contributed by atoms with Gasteiger partial charge in [-0.1, -0.05) is 13.8 Å². The fourth-order valence-corrected chi connectivity index (χ4v) is 1.38. The number of hydrogen-bond donors (Lipinski definition) is 1. The van der Waals surface area contributed by atoms with Crippen molar-refractivity contribution >= 4 is 0 Å². The SMILES string of the molecule is CC1(C)OCC(C(C)(C)CON)O1. The molecule has 4 nitrogen and oxygen atoms in total. The summed E-state index contributed by atoms with van der Waals surface area (Å²) >= 11 is 0. The Hall–Kier alpha value is -0.160. The third-order valence-electron chi connectivity index (χ3n) is 2.34. The van der Waals surface area contributed by atoms with Crippen LogP contribution in [0.15, 0.2) is 0 Å². The Morgan fingerprint density at radius 2 is 2.15 bits per heavy atom. The van der Waals surface area contributed by atoms with E-state index in [1.165, 1.54) is 0 Å². The molecule has 1 rings (SSSR count). The van der Waals surface area contributed by atoms with Crippen LogP contribution in [-0.4, -0.2) is 25.1 Å². The summed E-state index contributed by atoms with van der Waals surface area (Å²) in [5.41, 5.74) is -0.109. The third kappa shape index (κ3) is 2.64. The first-order valence-corrected chi connectivity index (χ1v) is 4.51. The van der Waals surface area contributed by atoms with Gasteiger partial charge in [0.15, 0.2) is 5.79 Å². The molecule has 0 saturated carbocycles. The topological polar surface area (TPSA) is 53.7 Å². The number of rotatable bonds is 3. The zero-order chi connectivity index (χ0) is 10.1. The van der Waals surface area contributed by atoms with Crippen LogP contribution >= 0.6 is 0 Å². The van der Waals surface area contributed by atoms with E-state index in [1.54, 1.807) is 0 Å². The molecule has 0 aliphatic carbocycles. The minimum Gasteiger partial charge on any atom is -0.348 e. The van der Waals surface area contributed by atoms with Crippen molar-refractivity contribution in [1.82, 2.24) is 0 Å². The first-order chi connectivity index (χ1) is 5.87. The Balaban J connectivity index is 2.54. The molecule has 1 aliphatic heterocycles. The van der Waals surface area contributed by atoms with Crippen LogP contribution < -0.4 is 5.90 Å². The second-order valence-corrected chi connectivity index (χ2v) is 4.62. The summed E-state index contributed by atoms with van der Waals surface area (Å²) in [6.45, 7) is 8.99. The Morgan fingerprint density at radius 1 is 1.54 bits per heavy atom. The average Bonchev–Trinajstić information content (AvgIpc) is 2.30. The Kier molecular flexibility index (Phi) is 2.97. The van der Waals surface area contributed by atoms with Crippen molar-refractivity contribution in [1.29, 1.82) is 0 Å². The van der Waals surface area contributed by atoms with E-state index < -0.39 is 5.79 Å². The van der Waals surface area contributed by atoms with Gasteiger partial charge in [-0.3, -0.25) is 0 Å². The molecule has 1 fully saturated rings. The van der Waals surface area contributed by atoms with Gasteiger partial charge in [-0.05, 0) is 13.8 Å². The van der Waals surface area contributed by atoms with E-state index in [4.69, 9.17) is 15.4 Å². The maximum Gasteiger partial charge on any atom is 0.163 e. The first kappa shape index (κ1) is 10.9. The lowest BCUT2D eigenvalue weighted by atomic mass is 9.88. The molecule has 0 radical (unpaired) electrons. The number of ether oxygens (including phenoxy) is 2. The summed E-state index contributed by atoms with van der Waals surface area (Å²) in [5, 5.41) is 0. The fraction of sp³-hybridized carbons (Fsp3) is 1.00. The molecule has 1 unspecified atom stereocenters. The van der Waals surface area contributed by atoms with E-state index >= 15 is 0 Å². The van der Waals surface area contributed by atoms with Crippen LogP contribution in [0.1, 0.15) is 27.7 Å². The van der Waals surface area contributed by atoms with Gasteiger partial charge in [0.1, 0.15) is 0 Å². The third-order valence-corrected chi connectivity index (χ3v) is 2.34. The van der Waals surface area contributed by atoms with Crippen LogP contribution in [0.5, 0.6) is 0 Å². The van der Waals surface area contributed by atoms with Crippen molar-refractivity contribution in [2.75, 3.05) is 13.2 Å². The van der Waals surface area contributed by atoms with Crippen LogP contribution in [0, 0.1) is 5.41 Å². The van der Waals surface area contributed by atoms with Gasteiger partial charge < -0.3 is 14.3 Å². The molecule has 0 bridgehead atoms. The predicted molar refractivity (Wildman–Crippen MR) is 48.8 cm³/mol. The summed E-state index contributed by atoms with van der Waals surface area (Å²) in [7, 11) is 0. The molecular weight excluding hydrogens is 170 g/mol. The van der Waals surface area contributed by atoms with Gasteiger partial charge in [0.05, 0.1) is 19.3 Å². The molecule has 0 aromatic rings. The monoisotopic (exact) mass is 189 g/mol. The lowest BCUT2D eigenvalue weighted by molar-refractivity contribution is -0.156. The number of nitrogens with two attached hydrogens (primary N) is 1. The van der Waals surface area contributed by atoms with Gasteiger partial charge >= 0.3 is 0 Å². The largest absolute Gasteiger partial charge is 0.348 e. The summed E-state index contributed by atoms with van der Waals surface area (Å²) < 4.78 is 11.2. The molecule has 1 saturated heterocycles. The summed E-state index contributed by atoms with van der Waals surface area (Å²) in [6.07, 6.45) is 0.0473. The summed E-state index contributed by atoms with van der Waals surface area (Å²) in [4.78, 5) is 4.65. The zero-order valence-corrected chi connectivity index (χ0v) is 8.79. The molecule has 0 aromatic heterocycles. The highest BCUT2D eigenvalue weighted by Crippen LogP contribution is 2.33. The maximum absolute atomic E-state index is 5.71. The maximum atomic E-state index is 5.71. The molecule has 13 heavy (non-hydrogen) atoms. The normalized spacial score (nSPS) is 27.9. The van der Waals surface area contributed by atoms with Gasteiger partial charge in [-0.2, -0.15) is 0 Å². The molecule has 0 amide bonds. The van der Waals surface area contributed by atoms with Gasteiger partial charge in [-0.25, -0.2) is 5.90 Å². The molecule has 2 N–H and O–H groups in total. The molecule has 78 valence electrons. The van der Waals surface area contributed by atoms with E-state index in [2.05, 4.69) is 18.7 Å². The van der Waals surface area contributed by atoms with Crippen molar-refractivity contribution in [3.8, 4) is 0 Å². The lowest BCUT2D eigenvalue weighted by Gasteiger charge is -2.29. The molecule has 4 heteroatoms. The predicted octanol–water partition coefficient (Wildman–Crippen LogP) is 1.05. The van der Waals surface area contributed by atoms with Crippen LogP contribution in [0.3, 0.4) is 0 Å². The number of hydrogen-bond acceptors (Lipinski definition) is 4. The molecule has 1 heterocycles. The van der Waals surface area contributed by atoms with Crippen LogP contribution in [0.4, 0.5) is 0 Å². The van der Waals surface area contributed by atoms with Crippen molar-refractivity contribution in [3.05, 3.63) is 0 Å². The van der Waals surface area contributed by atoms with E-state index in [9.17, 15) is 0 Å². The molecule has 1 atom stereocenters. The van der Waals surface area contributed by atoms with E-state index in [1.807, 2.05) is 13.8 Å². The van der Waals surface area contributed by atoms with E-state index in [-0.39, 0.29) is 11.5 Å². The van der Waals surface area contributed by atoms with Crippen LogP contribution in [0.25, 0.3) is 0 Å². The minimum absolute atomic E-state index is 0.0473. The molecule has 0 aromatic carbocycles. The van der Waals surface area contributed by atoms with Gasteiger partial charge in [0.25, 0.3) is 0 Å². The average molecular weight is 189 g/mol. The highest BCUT2D eigenvalue weighted by molar-refractivity contribution is 4.84. The molecule has 0 spiro atoms. The van der Waals surface area contributed by atoms with Gasteiger partial charge in [0.2, 0.25) is 0 Å². The van der Waals surface area contributed by atoms with E-state index in [0.29, 0.717) is 13.2 Å². The van der Waals surface area contributed by atoms with Crippen molar-refractivity contribution in [2.24, 2.45) is 11.3 Å². The zero-order valence-electron chi connectivity index (χ0n) is 8.79. The van der Waals surface area contributed by atoms with E-state index in [0.717, 1.165) is 0 Å². The van der Waals surface area contributed by atoms with Crippen LogP contribution in [0.2, 0.25) is 0 Å². The molecular formula is C9H19NO3. The van der Waals surface area contributed by atoms with Gasteiger partial charge in [0, 0.05) is 5.41 Å². The standard InChI is InChI=1S/C9H19NO3/c1-8(2,6-12-10)7-5-11-9(3,4)13-7/h7H,5-6,10H2,1-4H3. The van der Waals surface area contributed by atoms with Crippen molar-refractivity contribution < 1.29 is 14.3 Å². The van der Waals surface area contributed by atoms with Crippen molar-refractivity contribution in [2.45, 2.75) is 39.6 Å². The quantitative estimate of drug-likeness (QED) is 0.674.